The van der Waals surface area contributed by atoms with E-state index >= 15 is 0 Å². The van der Waals surface area contributed by atoms with Gasteiger partial charge in [-0.1, -0.05) is 36.0 Å². The van der Waals surface area contributed by atoms with Crippen molar-refractivity contribution >= 4 is 35.3 Å². The average molecular weight is 290 g/mol. The molecule has 3 rings (SSSR count). The highest BCUT2D eigenvalue weighted by Gasteiger charge is 2.10. The average Bonchev–Trinajstić information content (AvgIpc) is 2.42. The van der Waals surface area contributed by atoms with Gasteiger partial charge in [0.05, 0.1) is 0 Å². The van der Waals surface area contributed by atoms with E-state index in [9.17, 15) is 0 Å². The fourth-order valence-corrected chi connectivity index (χ4v) is 5.29. The first-order valence-corrected chi connectivity index (χ1v) is 8.84. The largest absolute Gasteiger partial charge is 0.125 e. The van der Waals surface area contributed by atoms with Crippen molar-refractivity contribution in [2.24, 2.45) is 0 Å². The molecule has 0 amide bonds. The smallest absolute Gasteiger partial charge is 0.0258 e. The van der Waals surface area contributed by atoms with Crippen LogP contribution in [-0.2, 0) is 0 Å². The Hall–Kier alpha value is -0.510. The second-order valence-electron chi connectivity index (χ2n) is 4.05. The van der Waals surface area contributed by atoms with E-state index in [2.05, 4.69) is 48.5 Å². The molecule has 1 aliphatic rings. The van der Waals surface area contributed by atoms with Crippen molar-refractivity contribution in [3.63, 3.8) is 0 Å². The van der Waals surface area contributed by atoms with Gasteiger partial charge in [0.2, 0.25) is 0 Å². The van der Waals surface area contributed by atoms with E-state index in [0.29, 0.717) is 0 Å². The highest BCUT2D eigenvalue weighted by Crippen LogP contribution is 2.41. The fraction of sp³-hybridized carbons (Fsp3) is 0.200. The van der Waals surface area contributed by atoms with Gasteiger partial charge in [-0.3, -0.25) is 0 Å². The van der Waals surface area contributed by atoms with Gasteiger partial charge in [0.25, 0.3) is 0 Å². The maximum atomic E-state index is 2.24. The number of benzene rings is 2. The Labute approximate surface area is 121 Å². The van der Waals surface area contributed by atoms with Crippen LogP contribution < -0.4 is 0 Å². The molecular formula is C15H14S3. The molecule has 0 radical (unpaired) electrons. The molecule has 18 heavy (non-hydrogen) atoms. The first kappa shape index (κ1) is 12.5. The lowest BCUT2D eigenvalue weighted by atomic mass is 10.4. The summed E-state index contributed by atoms with van der Waals surface area (Å²) in [4.78, 5) is 5.61. The lowest BCUT2D eigenvalue weighted by molar-refractivity contribution is 1.10. The molecule has 0 fully saturated rings. The zero-order valence-electron chi connectivity index (χ0n) is 9.96. The van der Waals surface area contributed by atoms with E-state index < -0.39 is 0 Å². The van der Waals surface area contributed by atoms with Crippen LogP contribution in [-0.4, -0.2) is 11.5 Å². The summed E-state index contributed by atoms with van der Waals surface area (Å²) in [6, 6.07) is 17.5. The molecule has 0 atom stereocenters. The molecule has 0 unspecified atom stereocenters. The third-order valence-electron chi connectivity index (χ3n) is 2.72. The monoisotopic (exact) mass is 290 g/mol. The van der Waals surface area contributed by atoms with Crippen LogP contribution in [0.4, 0.5) is 0 Å². The fourth-order valence-electron chi connectivity index (χ4n) is 1.85. The Balaban J connectivity index is 2.00. The maximum Gasteiger partial charge on any atom is 0.0258 e. The quantitative estimate of drug-likeness (QED) is 0.635. The lowest BCUT2D eigenvalue weighted by Gasteiger charge is -2.14. The van der Waals surface area contributed by atoms with Crippen LogP contribution in [0.3, 0.4) is 0 Å². The highest BCUT2D eigenvalue weighted by atomic mass is 32.2. The molecular weight excluding hydrogens is 276 g/mol. The predicted molar refractivity (Wildman–Crippen MR) is 83.1 cm³/mol. The van der Waals surface area contributed by atoms with Gasteiger partial charge < -0.3 is 0 Å². The Bertz CT molecular complexity index is 489. The first-order valence-electron chi connectivity index (χ1n) is 6.05. The Morgan fingerprint density at radius 2 is 1.06 bits per heavy atom. The van der Waals surface area contributed by atoms with Crippen LogP contribution in [0.2, 0.25) is 0 Å². The second kappa shape index (κ2) is 6.09. The van der Waals surface area contributed by atoms with Crippen molar-refractivity contribution in [3.05, 3.63) is 48.5 Å². The third-order valence-corrected chi connectivity index (χ3v) is 6.45. The standard InChI is InChI=1S/C15H14S3/c1-3-8-14-12(6-1)16-10-5-11-17-13-7-2-4-9-15(13)18-14/h1-4,6-9H,5,10-11H2. The van der Waals surface area contributed by atoms with Crippen molar-refractivity contribution < 1.29 is 0 Å². The summed E-state index contributed by atoms with van der Waals surface area (Å²) in [5, 5.41) is 0. The van der Waals surface area contributed by atoms with E-state index in [-0.39, 0.29) is 0 Å². The van der Waals surface area contributed by atoms with Gasteiger partial charge >= 0.3 is 0 Å². The minimum atomic E-state index is 1.22. The van der Waals surface area contributed by atoms with Crippen molar-refractivity contribution in [1.29, 1.82) is 0 Å². The first-order chi connectivity index (χ1) is 8.93. The van der Waals surface area contributed by atoms with Crippen molar-refractivity contribution in [3.8, 4) is 0 Å². The van der Waals surface area contributed by atoms with E-state index in [1.165, 1.54) is 37.5 Å². The van der Waals surface area contributed by atoms with Gasteiger partial charge in [-0.05, 0) is 42.2 Å². The van der Waals surface area contributed by atoms with Crippen molar-refractivity contribution in [2.45, 2.75) is 26.0 Å². The molecule has 0 aliphatic carbocycles. The number of fused-ring (bicyclic) bond motifs is 2. The van der Waals surface area contributed by atoms with E-state index in [4.69, 9.17) is 0 Å². The summed E-state index contributed by atoms with van der Waals surface area (Å²) >= 11 is 5.87. The van der Waals surface area contributed by atoms with E-state index in [1.54, 1.807) is 0 Å². The van der Waals surface area contributed by atoms with E-state index in [0.717, 1.165) is 0 Å². The molecule has 0 spiro atoms. The van der Waals surface area contributed by atoms with Crippen LogP contribution in [0.1, 0.15) is 6.42 Å². The SMILES string of the molecule is c1ccc2c(c1)SCCCSc1ccccc1S2. The maximum absolute atomic E-state index is 2.24. The molecule has 0 N–H and O–H groups in total. The molecule has 1 aliphatic heterocycles. The molecule has 2 aromatic carbocycles. The van der Waals surface area contributed by atoms with Crippen LogP contribution >= 0.6 is 35.3 Å². The zero-order valence-corrected chi connectivity index (χ0v) is 12.4. The third kappa shape index (κ3) is 2.90. The molecule has 1 heterocycles. The summed E-state index contributed by atoms with van der Waals surface area (Å²) in [7, 11) is 0. The van der Waals surface area contributed by atoms with E-state index in [1.807, 2.05) is 35.3 Å². The number of hydrogen-bond donors (Lipinski definition) is 0. The van der Waals surface area contributed by atoms with Crippen LogP contribution in [0.5, 0.6) is 0 Å². The summed E-state index contributed by atoms with van der Waals surface area (Å²) in [5.74, 6) is 2.43. The Kier molecular flexibility index (Phi) is 4.24. The minimum absolute atomic E-state index is 1.22. The van der Waals surface area contributed by atoms with Crippen LogP contribution in [0.15, 0.2) is 68.1 Å². The summed E-state index contributed by atoms with van der Waals surface area (Å²) in [6.07, 6.45) is 1.27. The summed E-state index contributed by atoms with van der Waals surface area (Å²) in [6.45, 7) is 0. The molecule has 3 heteroatoms. The van der Waals surface area contributed by atoms with Gasteiger partial charge in [0, 0.05) is 19.6 Å². The van der Waals surface area contributed by atoms with Gasteiger partial charge in [0.1, 0.15) is 0 Å². The number of rotatable bonds is 0. The van der Waals surface area contributed by atoms with Gasteiger partial charge in [-0.25, -0.2) is 0 Å². The van der Waals surface area contributed by atoms with Crippen molar-refractivity contribution in [1.82, 2.24) is 0 Å². The van der Waals surface area contributed by atoms with Gasteiger partial charge in [-0.15, -0.1) is 23.5 Å². The molecule has 0 saturated carbocycles. The second-order valence-corrected chi connectivity index (χ2v) is 7.40. The predicted octanol–water partition coefficient (Wildman–Crippen LogP) is 5.43. The minimum Gasteiger partial charge on any atom is -0.125 e. The summed E-state index contributed by atoms with van der Waals surface area (Å²) in [5.41, 5.74) is 0. The molecule has 0 bridgehead atoms. The van der Waals surface area contributed by atoms with Crippen LogP contribution in [0, 0.1) is 0 Å². The molecule has 2 aromatic rings. The van der Waals surface area contributed by atoms with Gasteiger partial charge in [0.15, 0.2) is 0 Å². The topological polar surface area (TPSA) is 0 Å². The Morgan fingerprint density at radius 3 is 1.56 bits per heavy atom. The molecule has 0 nitrogen and oxygen atoms in total. The highest BCUT2D eigenvalue weighted by molar-refractivity contribution is 8.04. The van der Waals surface area contributed by atoms with Crippen molar-refractivity contribution in [2.75, 3.05) is 11.5 Å². The number of thioether (sulfide) groups is 2. The van der Waals surface area contributed by atoms with Crippen LogP contribution in [0.25, 0.3) is 0 Å². The van der Waals surface area contributed by atoms with Gasteiger partial charge in [-0.2, -0.15) is 0 Å². The molecule has 0 aromatic heterocycles. The Morgan fingerprint density at radius 1 is 0.611 bits per heavy atom. The summed E-state index contributed by atoms with van der Waals surface area (Å²) < 4.78 is 0. The number of hydrogen-bond acceptors (Lipinski definition) is 3. The zero-order chi connectivity index (χ0) is 12.2. The molecule has 0 saturated heterocycles. The normalized spacial score (nSPS) is 15.6. The lowest BCUT2D eigenvalue weighted by Crippen LogP contribution is -1.90. The molecule has 92 valence electrons.